The van der Waals surface area contributed by atoms with Crippen LogP contribution in [0.15, 0.2) is 34.7 Å². The Morgan fingerprint density at radius 3 is 2.69 bits per heavy atom. The lowest BCUT2D eigenvalue weighted by Gasteiger charge is -2.03. The summed E-state index contributed by atoms with van der Waals surface area (Å²) in [6.45, 7) is 2.20. The van der Waals surface area contributed by atoms with Gasteiger partial charge in [-0.2, -0.15) is 0 Å². The van der Waals surface area contributed by atoms with Gasteiger partial charge in [0.15, 0.2) is 4.34 Å². The second kappa shape index (κ2) is 8.83. The second-order valence-electron chi connectivity index (χ2n) is 5.07. The van der Waals surface area contributed by atoms with Gasteiger partial charge in [-0.15, -0.1) is 15.3 Å². The Labute approximate surface area is 161 Å². The third-order valence-electron chi connectivity index (χ3n) is 3.14. The van der Waals surface area contributed by atoms with Gasteiger partial charge in [-0.1, -0.05) is 57.9 Å². The van der Waals surface area contributed by atoms with Crippen molar-refractivity contribution in [3.05, 3.63) is 46.5 Å². The molecule has 0 fully saturated rings. The van der Waals surface area contributed by atoms with Crippen molar-refractivity contribution in [2.45, 2.75) is 17.8 Å². The molecule has 134 valence electrons. The van der Waals surface area contributed by atoms with Crippen LogP contribution in [0.2, 0.25) is 0 Å². The van der Waals surface area contributed by atoms with Crippen LogP contribution in [0, 0.1) is 6.92 Å². The highest BCUT2D eigenvalue weighted by atomic mass is 32.2. The number of aromatic nitrogens is 4. The number of amides is 2. The largest absolute Gasteiger partial charge is 0.351 e. The summed E-state index contributed by atoms with van der Waals surface area (Å²) < 4.78 is 4.33. The molecule has 0 saturated heterocycles. The standard InChI is InChI=1S/C15H14N6O2S3/c1-9-12(26-21-18-9)13(23)17-14-19-20-15(25-14)24-8-11(22)16-7-10-5-3-2-4-6-10/h2-6H,7-8H2,1H3,(H,16,22)(H,17,19,23). The van der Waals surface area contributed by atoms with E-state index in [2.05, 4.69) is 30.4 Å². The molecule has 0 radical (unpaired) electrons. The molecule has 0 spiro atoms. The summed E-state index contributed by atoms with van der Waals surface area (Å²) >= 11 is 3.51. The average molecular weight is 407 g/mol. The van der Waals surface area contributed by atoms with Crippen molar-refractivity contribution in [1.29, 1.82) is 0 Å². The van der Waals surface area contributed by atoms with Crippen molar-refractivity contribution in [2.75, 3.05) is 11.1 Å². The van der Waals surface area contributed by atoms with Gasteiger partial charge in [-0.05, 0) is 24.0 Å². The van der Waals surface area contributed by atoms with E-state index in [1.54, 1.807) is 6.92 Å². The number of aryl methyl sites for hydroxylation is 1. The fourth-order valence-electron chi connectivity index (χ4n) is 1.89. The summed E-state index contributed by atoms with van der Waals surface area (Å²) in [6.07, 6.45) is 0. The molecule has 3 aromatic rings. The lowest BCUT2D eigenvalue weighted by Crippen LogP contribution is -2.24. The van der Waals surface area contributed by atoms with E-state index in [1.165, 1.54) is 23.1 Å². The molecule has 0 bridgehead atoms. The fourth-order valence-corrected chi connectivity index (χ4v) is 4.02. The third kappa shape index (κ3) is 5.07. The first-order valence-corrected chi connectivity index (χ1v) is 10.1. The van der Waals surface area contributed by atoms with Crippen molar-refractivity contribution < 1.29 is 9.59 Å². The molecular weight excluding hydrogens is 392 g/mol. The summed E-state index contributed by atoms with van der Waals surface area (Å²) in [5.41, 5.74) is 1.61. The quantitative estimate of drug-likeness (QED) is 0.458. The number of benzene rings is 1. The average Bonchev–Trinajstić information content (AvgIpc) is 3.28. The molecule has 2 N–H and O–H groups in total. The number of carbonyl (C=O) groups is 2. The van der Waals surface area contributed by atoms with Crippen LogP contribution >= 0.6 is 34.6 Å². The van der Waals surface area contributed by atoms with E-state index in [1.807, 2.05) is 30.3 Å². The van der Waals surface area contributed by atoms with Crippen LogP contribution in [0.5, 0.6) is 0 Å². The highest BCUT2D eigenvalue weighted by Crippen LogP contribution is 2.26. The zero-order valence-electron chi connectivity index (χ0n) is 13.6. The summed E-state index contributed by atoms with van der Waals surface area (Å²) in [5, 5.41) is 17.6. The van der Waals surface area contributed by atoms with Crippen molar-refractivity contribution >= 4 is 51.6 Å². The van der Waals surface area contributed by atoms with Crippen LogP contribution in [0.4, 0.5) is 5.13 Å². The molecule has 0 aliphatic heterocycles. The first-order chi connectivity index (χ1) is 12.6. The summed E-state index contributed by atoms with van der Waals surface area (Å²) in [4.78, 5) is 24.4. The normalized spacial score (nSPS) is 10.5. The maximum atomic E-state index is 12.1. The summed E-state index contributed by atoms with van der Waals surface area (Å²) in [5.74, 6) is -0.176. The molecule has 26 heavy (non-hydrogen) atoms. The van der Waals surface area contributed by atoms with Crippen LogP contribution in [-0.2, 0) is 11.3 Å². The predicted molar refractivity (Wildman–Crippen MR) is 102 cm³/mol. The number of thioether (sulfide) groups is 1. The third-order valence-corrected chi connectivity index (χ3v) is 5.94. The van der Waals surface area contributed by atoms with E-state index in [0.717, 1.165) is 17.1 Å². The van der Waals surface area contributed by atoms with E-state index >= 15 is 0 Å². The summed E-state index contributed by atoms with van der Waals surface area (Å²) in [7, 11) is 0. The number of hydrogen-bond acceptors (Lipinski definition) is 9. The van der Waals surface area contributed by atoms with Gasteiger partial charge in [0.2, 0.25) is 11.0 Å². The Balaban J connectivity index is 1.45. The minimum atomic E-state index is -0.314. The number of anilines is 1. The van der Waals surface area contributed by atoms with Crippen LogP contribution in [0.3, 0.4) is 0 Å². The summed E-state index contributed by atoms with van der Waals surface area (Å²) in [6, 6.07) is 9.69. The number of carbonyl (C=O) groups excluding carboxylic acids is 2. The zero-order chi connectivity index (χ0) is 18.4. The second-order valence-corrected chi connectivity index (χ2v) is 8.02. The van der Waals surface area contributed by atoms with Crippen LogP contribution in [0.1, 0.15) is 20.9 Å². The van der Waals surface area contributed by atoms with Gasteiger partial charge in [0.1, 0.15) is 4.88 Å². The van der Waals surface area contributed by atoms with Gasteiger partial charge in [-0.3, -0.25) is 14.9 Å². The zero-order valence-corrected chi connectivity index (χ0v) is 16.1. The van der Waals surface area contributed by atoms with Crippen molar-refractivity contribution in [2.24, 2.45) is 0 Å². The maximum Gasteiger partial charge on any atom is 0.271 e. The minimum Gasteiger partial charge on any atom is -0.351 e. The molecule has 2 heterocycles. The lowest BCUT2D eigenvalue weighted by atomic mass is 10.2. The van der Waals surface area contributed by atoms with Gasteiger partial charge in [0.25, 0.3) is 5.91 Å². The Morgan fingerprint density at radius 1 is 1.15 bits per heavy atom. The molecule has 0 unspecified atom stereocenters. The maximum absolute atomic E-state index is 12.1. The first-order valence-electron chi connectivity index (χ1n) is 7.49. The molecule has 0 atom stereocenters. The number of rotatable bonds is 7. The molecule has 2 aromatic heterocycles. The van der Waals surface area contributed by atoms with Crippen molar-refractivity contribution in [3.8, 4) is 0 Å². The Morgan fingerprint density at radius 2 is 1.96 bits per heavy atom. The van der Waals surface area contributed by atoms with Gasteiger partial charge in [0, 0.05) is 6.54 Å². The van der Waals surface area contributed by atoms with E-state index in [0.29, 0.717) is 26.6 Å². The molecule has 3 rings (SSSR count). The van der Waals surface area contributed by atoms with E-state index in [4.69, 9.17) is 0 Å². The molecule has 2 amide bonds. The van der Waals surface area contributed by atoms with Gasteiger partial charge < -0.3 is 5.32 Å². The molecule has 8 nitrogen and oxygen atoms in total. The minimum absolute atomic E-state index is 0.0917. The van der Waals surface area contributed by atoms with Gasteiger partial charge in [-0.25, -0.2) is 0 Å². The van der Waals surface area contributed by atoms with Gasteiger partial charge in [0.05, 0.1) is 11.4 Å². The first kappa shape index (κ1) is 18.4. The number of nitrogens with zero attached hydrogens (tertiary/aromatic N) is 4. The predicted octanol–water partition coefficient (Wildman–Crippen LogP) is 2.36. The highest BCUT2D eigenvalue weighted by molar-refractivity contribution is 8.01. The fraction of sp³-hybridized carbons (Fsp3) is 0.200. The Bertz CT molecular complexity index is 896. The molecule has 0 saturated carbocycles. The topological polar surface area (TPSA) is 110 Å². The van der Waals surface area contributed by atoms with E-state index in [-0.39, 0.29) is 17.6 Å². The molecular formula is C15H14N6O2S3. The molecule has 0 aliphatic carbocycles. The molecule has 11 heteroatoms. The van der Waals surface area contributed by atoms with Gasteiger partial charge >= 0.3 is 0 Å². The Hall–Kier alpha value is -2.37. The molecule has 0 aliphatic rings. The lowest BCUT2D eigenvalue weighted by molar-refractivity contribution is -0.118. The number of nitrogens with one attached hydrogen (secondary N) is 2. The van der Waals surface area contributed by atoms with Crippen LogP contribution < -0.4 is 10.6 Å². The van der Waals surface area contributed by atoms with E-state index in [9.17, 15) is 9.59 Å². The number of hydrogen-bond donors (Lipinski definition) is 2. The van der Waals surface area contributed by atoms with Crippen molar-refractivity contribution in [3.63, 3.8) is 0 Å². The smallest absolute Gasteiger partial charge is 0.271 e. The van der Waals surface area contributed by atoms with E-state index < -0.39 is 0 Å². The van der Waals surface area contributed by atoms with Crippen LogP contribution in [0.25, 0.3) is 0 Å². The monoisotopic (exact) mass is 406 g/mol. The Kier molecular flexibility index (Phi) is 6.26. The molecule has 1 aromatic carbocycles. The highest BCUT2D eigenvalue weighted by Gasteiger charge is 2.16. The SMILES string of the molecule is Cc1nnsc1C(=O)Nc1nnc(SCC(=O)NCc2ccccc2)s1. The van der Waals surface area contributed by atoms with Crippen molar-refractivity contribution in [1.82, 2.24) is 25.1 Å². The van der Waals surface area contributed by atoms with Crippen LogP contribution in [-0.4, -0.2) is 37.4 Å².